The molecule has 0 aliphatic carbocycles. The largest absolute Gasteiger partial charge is 0.294 e. The SMILES string of the molecule is CC(C)c1ccc(CC(=O)c2cccc(Br)c2Cl)cc1. The monoisotopic (exact) mass is 350 g/mol. The van der Waals surface area contributed by atoms with Crippen molar-refractivity contribution in [2.45, 2.75) is 26.2 Å². The first kappa shape index (κ1) is 15.3. The van der Waals surface area contributed by atoms with Gasteiger partial charge in [0.25, 0.3) is 0 Å². The molecule has 0 aliphatic heterocycles. The molecule has 0 aromatic heterocycles. The zero-order valence-corrected chi connectivity index (χ0v) is 13.8. The average molecular weight is 352 g/mol. The summed E-state index contributed by atoms with van der Waals surface area (Å²) < 4.78 is 0.750. The topological polar surface area (TPSA) is 17.1 Å². The Bertz CT molecular complexity index is 617. The van der Waals surface area contributed by atoms with E-state index in [2.05, 4.69) is 41.9 Å². The Hall–Kier alpha value is -1.12. The first-order valence-corrected chi connectivity index (χ1v) is 7.72. The lowest BCUT2D eigenvalue weighted by Crippen LogP contribution is -2.04. The van der Waals surface area contributed by atoms with E-state index in [1.807, 2.05) is 24.3 Å². The van der Waals surface area contributed by atoms with Crippen LogP contribution >= 0.6 is 27.5 Å². The molecule has 0 heterocycles. The van der Waals surface area contributed by atoms with Crippen LogP contribution in [0.2, 0.25) is 5.02 Å². The lowest BCUT2D eigenvalue weighted by molar-refractivity contribution is 0.0993. The molecule has 0 atom stereocenters. The number of carbonyl (C=O) groups is 1. The molecule has 0 spiro atoms. The van der Waals surface area contributed by atoms with E-state index >= 15 is 0 Å². The summed E-state index contributed by atoms with van der Waals surface area (Å²) in [6, 6.07) is 13.6. The van der Waals surface area contributed by atoms with E-state index in [4.69, 9.17) is 11.6 Å². The van der Waals surface area contributed by atoms with Crippen molar-refractivity contribution in [1.82, 2.24) is 0 Å². The third-order valence-electron chi connectivity index (χ3n) is 3.26. The van der Waals surface area contributed by atoms with Crippen molar-refractivity contribution >= 4 is 33.3 Å². The number of carbonyl (C=O) groups excluding carboxylic acids is 1. The Labute approximate surface area is 133 Å². The molecule has 0 radical (unpaired) electrons. The van der Waals surface area contributed by atoms with Crippen molar-refractivity contribution in [2.24, 2.45) is 0 Å². The number of ketones is 1. The molecule has 1 nitrogen and oxygen atoms in total. The molecule has 0 unspecified atom stereocenters. The van der Waals surface area contributed by atoms with Gasteiger partial charge in [-0.1, -0.05) is 55.8 Å². The standard InChI is InChI=1S/C17H16BrClO/c1-11(2)13-8-6-12(7-9-13)10-16(20)14-4-3-5-15(18)17(14)19/h3-9,11H,10H2,1-2H3. The highest BCUT2D eigenvalue weighted by atomic mass is 79.9. The minimum absolute atomic E-state index is 0.0357. The molecule has 0 fully saturated rings. The number of Topliss-reactive ketones (excluding diaryl/α,β-unsaturated/α-hetero) is 1. The lowest BCUT2D eigenvalue weighted by atomic mass is 9.98. The molecule has 0 amide bonds. The second-order valence-electron chi connectivity index (χ2n) is 5.10. The van der Waals surface area contributed by atoms with Gasteiger partial charge in [-0.15, -0.1) is 0 Å². The Morgan fingerprint density at radius 3 is 2.40 bits per heavy atom. The Morgan fingerprint density at radius 2 is 1.80 bits per heavy atom. The van der Waals surface area contributed by atoms with Crippen molar-refractivity contribution in [1.29, 1.82) is 0 Å². The quantitative estimate of drug-likeness (QED) is 0.650. The van der Waals surface area contributed by atoms with Crippen LogP contribution in [0.5, 0.6) is 0 Å². The highest BCUT2D eigenvalue weighted by Gasteiger charge is 2.13. The fourth-order valence-corrected chi connectivity index (χ4v) is 2.62. The maximum absolute atomic E-state index is 12.3. The maximum atomic E-state index is 12.3. The first-order valence-electron chi connectivity index (χ1n) is 6.55. The fraction of sp³-hybridized carbons (Fsp3) is 0.235. The highest BCUT2D eigenvalue weighted by Crippen LogP contribution is 2.27. The van der Waals surface area contributed by atoms with Crippen molar-refractivity contribution in [3.05, 3.63) is 68.7 Å². The molecule has 2 rings (SSSR count). The van der Waals surface area contributed by atoms with Gasteiger partial charge in [-0.2, -0.15) is 0 Å². The first-order chi connectivity index (χ1) is 9.49. The van der Waals surface area contributed by atoms with Gasteiger partial charge in [0.2, 0.25) is 0 Å². The lowest BCUT2D eigenvalue weighted by Gasteiger charge is -2.08. The Balaban J connectivity index is 2.17. The summed E-state index contributed by atoms with van der Waals surface area (Å²) >= 11 is 9.49. The van der Waals surface area contributed by atoms with E-state index in [0.717, 1.165) is 10.0 Å². The van der Waals surface area contributed by atoms with Crippen LogP contribution in [0.25, 0.3) is 0 Å². The minimum Gasteiger partial charge on any atom is -0.294 e. The van der Waals surface area contributed by atoms with Gasteiger partial charge in [0.15, 0.2) is 5.78 Å². The van der Waals surface area contributed by atoms with Crippen LogP contribution in [-0.4, -0.2) is 5.78 Å². The van der Waals surface area contributed by atoms with E-state index in [0.29, 0.717) is 22.9 Å². The second-order valence-corrected chi connectivity index (χ2v) is 6.33. The number of hydrogen-bond acceptors (Lipinski definition) is 1. The molecular weight excluding hydrogens is 336 g/mol. The van der Waals surface area contributed by atoms with Gasteiger partial charge in [-0.25, -0.2) is 0 Å². The van der Waals surface area contributed by atoms with Gasteiger partial charge >= 0.3 is 0 Å². The number of rotatable bonds is 4. The van der Waals surface area contributed by atoms with Crippen LogP contribution in [0, 0.1) is 0 Å². The highest BCUT2D eigenvalue weighted by molar-refractivity contribution is 9.10. The summed E-state index contributed by atoms with van der Waals surface area (Å²) in [5.74, 6) is 0.535. The van der Waals surface area contributed by atoms with Gasteiger partial charge in [0.1, 0.15) is 0 Å². The van der Waals surface area contributed by atoms with Crippen LogP contribution in [0.15, 0.2) is 46.9 Å². The summed E-state index contributed by atoms with van der Waals surface area (Å²) in [6.07, 6.45) is 0.370. The number of hydrogen-bond donors (Lipinski definition) is 0. The third-order valence-corrected chi connectivity index (χ3v) is 4.56. The molecule has 2 aromatic rings. The predicted octanol–water partition coefficient (Wildman–Crippen LogP) is 5.65. The van der Waals surface area contributed by atoms with Gasteiger partial charge in [0.05, 0.1) is 5.02 Å². The zero-order valence-electron chi connectivity index (χ0n) is 11.5. The van der Waals surface area contributed by atoms with E-state index in [9.17, 15) is 4.79 Å². The summed E-state index contributed by atoms with van der Waals surface area (Å²) in [6.45, 7) is 4.31. The van der Waals surface area contributed by atoms with E-state index in [1.165, 1.54) is 5.56 Å². The normalized spacial score (nSPS) is 10.8. The molecule has 104 valence electrons. The van der Waals surface area contributed by atoms with Crippen LogP contribution in [-0.2, 0) is 6.42 Å². The Kier molecular flexibility index (Phi) is 5.00. The molecular formula is C17H16BrClO. The van der Waals surface area contributed by atoms with E-state index < -0.39 is 0 Å². The van der Waals surface area contributed by atoms with Crippen LogP contribution in [0.1, 0.15) is 41.3 Å². The summed E-state index contributed by atoms with van der Waals surface area (Å²) in [5, 5.41) is 0.483. The Morgan fingerprint density at radius 1 is 1.15 bits per heavy atom. The summed E-state index contributed by atoms with van der Waals surface area (Å²) in [7, 11) is 0. The van der Waals surface area contributed by atoms with Crippen molar-refractivity contribution < 1.29 is 4.79 Å². The van der Waals surface area contributed by atoms with Gasteiger partial charge in [-0.3, -0.25) is 4.79 Å². The molecule has 0 saturated carbocycles. The van der Waals surface area contributed by atoms with Gasteiger partial charge < -0.3 is 0 Å². The summed E-state index contributed by atoms with van der Waals surface area (Å²) in [4.78, 5) is 12.3. The zero-order chi connectivity index (χ0) is 14.7. The van der Waals surface area contributed by atoms with Crippen LogP contribution in [0.4, 0.5) is 0 Å². The molecule has 2 aromatic carbocycles. The average Bonchev–Trinajstić information content (AvgIpc) is 2.42. The van der Waals surface area contributed by atoms with Gasteiger partial charge in [0, 0.05) is 16.5 Å². The molecule has 0 aliphatic rings. The van der Waals surface area contributed by atoms with Crippen LogP contribution in [0.3, 0.4) is 0 Å². The van der Waals surface area contributed by atoms with Crippen molar-refractivity contribution in [3.63, 3.8) is 0 Å². The molecule has 3 heteroatoms. The number of halogens is 2. The van der Waals surface area contributed by atoms with Crippen LogP contribution < -0.4 is 0 Å². The molecule has 0 saturated heterocycles. The maximum Gasteiger partial charge on any atom is 0.168 e. The second kappa shape index (κ2) is 6.55. The molecule has 0 bridgehead atoms. The third kappa shape index (κ3) is 3.50. The predicted molar refractivity (Wildman–Crippen MR) is 87.7 cm³/mol. The molecule has 0 N–H and O–H groups in total. The van der Waals surface area contributed by atoms with Crippen molar-refractivity contribution in [2.75, 3.05) is 0 Å². The summed E-state index contributed by atoms with van der Waals surface area (Å²) in [5.41, 5.74) is 2.85. The fourth-order valence-electron chi connectivity index (χ4n) is 2.02. The number of benzene rings is 2. The minimum atomic E-state index is 0.0357. The van der Waals surface area contributed by atoms with E-state index in [1.54, 1.807) is 6.07 Å². The van der Waals surface area contributed by atoms with Gasteiger partial charge in [-0.05, 0) is 45.1 Å². The molecule has 20 heavy (non-hydrogen) atoms. The smallest absolute Gasteiger partial charge is 0.168 e. The van der Waals surface area contributed by atoms with E-state index in [-0.39, 0.29) is 5.78 Å². The van der Waals surface area contributed by atoms with Crippen molar-refractivity contribution in [3.8, 4) is 0 Å².